The molecule has 1 aliphatic carbocycles. The van der Waals surface area contributed by atoms with Gasteiger partial charge < -0.3 is 4.74 Å². The Hall–Kier alpha value is -2.48. The molecule has 3 aliphatic rings. The average molecular weight is 493 g/mol. The molecule has 0 aromatic heterocycles. The van der Waals surface area contributed by atoms with E-state index in [4.69, 9.17) is 10.00 Å². The molecular weight excluding hydrogens is 470 g/mol. The molecule has 5 rings (SSSR count). The zero-order chi connectivity index (χ0) is 23.6. The Morgan fingerprint density at radius 2 is 1.85 bits per heavy atom. The second-order valence-corrected chi connectivity index (χ2v) is 13.4. The van der Waals surface area contributed by atoms with Crippen LogP contribution in [0.25, 0.3) is 0 Å². The summed E-state index contributed by atoms with van der Waals surface area (Å²) in [6.45, 7) is -0.107. The summed E-state index contributed by atoms with van der Waals surface area (Å²) >= 11 is 0. The lowest BCUT2D eigenvalue weighted by Gasteiger charge is -2.54. The van der Waals surface area contributed by atoms with Gasteiger partial charge in [0.2, 0.25) is 0 Å². The molecular formula is C23H22F2N2O4S2. The first-order chi connectivity index (χ1) is 15.6. The fourth-order valence-electron chi connectivity index (χ4n) is 5.80. The summed E-state index contributed by atoms with van der Waals surface area (Å²) in [5.41, 5.74) is 0.0143. The standard InChI is InChI=1S/C23H22F2N2O4S2/c1-32(28)11-9-16-17-13-31-22-19(25)7-6-18(24)21(22)23(17,10-8-20(16)27-32)33(29,30)15-4-2-14(12-26)3-5-15/h2-7,16-17,20H,1,8-11,13H2,(H,27,28)/t16-,17-,20+,23-,32?/m0/s1. The molecule has 2 fully saturated rings. The molecule has 1 saturated heterocycles. The van der Waals surface area contributed by atoms with E-state index in [0.717, 1.165) is 12.1 Å². The van der Waals surface area contributed by atoms with E-state index in [1.54, 1.807) is 0 Å². The van der Waals surface area contributed by atoms with E-state index in [0.29, 0.717) is 12.8 Å². The van der Waals surface area contributed by atoms with Crippen molar-refractivity contribution in [1.82, 2.24) is 4.72 Å². The van der Waals surface area contributed by atoms with Gasteiger partial charge in [-0.05, 0) is 67.4 Å². The summed E-state index contributed by atoms with van der Waals surface area (Å²) in [6.07, 6.45) is 0.740. The molecule has 1 saturated carbocycles. The van der Waals surface area contributed by atoms with Gasteiger partial charge in [0.1, 0.15) is 10.6 Å². The Morgan fingerprint density at radius 1 is 1.15 bits per heavy atom. The minimum Gasteiger partial charge on any atom is -0.490 e. The molecule has 1 unspecified atom stereocenters. The highest BCUT2D eigenvalue weighted by Gasteiger charge is 2.63. The maximum Gasteiger partial charge on any atom is 0.188 e. The first kappa shape index (κ1) is 22.3. The number of ether oxygens (including phenoxy) is 1. The third-order valence-corrected chi connectivity index (χ3v) is 11.5. The molecule has 174 valence electrons. The van der Waals surface area contributed by atoms with Gasteiger partial charge in [-0.25, -0.2) is 21.9 Å². The molecule has 5 atom stereocenters. The largest absolute Gasteiger partial charge is 0.490 e. The van der Waals surface area contributed by atoms with Crippen molar-refractivity contribution in [3.63, 3.8) is 0 Å². The molecule has 0 bridgehead atoms. The van der Waals surface area contributed by atoms with Crippen LogP contribution in [0, 0.1) is 34.8 Å². The summed E-state index contributed by atoms with van der Waals surface area (Å²) in [5.74, 6) is 1.02. The van der Waals surface area contributed by atoms with Gasteiger partial charge in [0.25, 0.3) is 0 Å². The number of nitrogens with zero attached hydrogens (tertiary/aromatic N) is 1. The lowest BCUT2D eigenvalue weighted by Crippen LogP contribution is -2.62. The van der Waals surface area contributed by atoms with Crippen molar-refractivity contribution in [1.29, 1.82) is 5.26 Å². The molecule has 1 N–H and O–H groups in total. The van der Waals surface area contributed by atoms with E-state index in [-0.39, 0.29) is 52.5 Å². The van der Waals surface area contributed by atoms with Crippen molar-refractivity contribution in [2.45, 2.75) is 34.9 Å². The zero-order valence-electron chi connectivity index (χ0n) is 17.6. The topological polar surface area (TPSA) is 96.3 Å². The molecule has 10 heteroatoms. The lowest BCUT2D eigenvalue weighted by atomic mass is 9.64. The molecule has 2 heterocycles. The molecule has 33 heavy (non-hydrogen) atoms. The van der Waals surface area contributed by atoms with Crippen molar-refractivity contribution < 1.29 is 26.1 Å². The first-order valence-electron chi connectivity index (χ1n) is 10.6. The number of rotatable bonds is 2. The summed E-state index contributed by atoms with van der Waals surface area (Å²) < 4.78 is 78.1. The van der Waals surface area contributed by atoms with Crippen molar-refractivity contribution in [2.75, 3.05) is 12.4 Å². The third kappa shape index (κ3) is 3.21. The Morgan fingerprint density at radius 3 is 2.55 bits per heavy atom. The van der Waals surface area contributed by atoms with Crippen LogP contribution >= 0.6 is 0 Å². The SMILES string of the molecule is C=S1(=O)CC[C@@H]2[C@@H](CC[C@@]3(S(=O)(=O)c4ccc(C#N)cc4)c4c(F)ccc(F)c4OC[C@@H]23)N1. The quantitative estimate of drug-likeness (QED) is 0.651. The number of halogens is 2. The van der Waals surface area contributed by atoms with Gasteiger partial charge in [-0.1, -0.05) is 0 Å². The van der Waals surface area contributed by atoms with E-state index < -0.39 is 41.8 Å². The molecule has 2 aromatic rings. The predicted molar refractivity (Wildman–Crippen MR) is 120 cm³/mol. The summed E-state index contributed by atoms with van der Waals surface area (Å²) in [6, 6.07) is 9.01. The Bertz CT molecular complexity index is 1380. The minimum atomic E-state index is -4.25. The number of nitrogens with one attached hydrogen (secondary N) is 1. The molecule has 0 amide bonds. The number of fused-ring (bicyclic) bond motifs is 5. The number of hydrogen-bond donors (Lipinski definition) is 1. The van der Waals surface area contributed by atoms with Gasteiger partial charge in [-0.2, -0.15) is 5.26 Å². The van der Waals surface area contributed by atoms with Crippen LogP contribution in [0.4, 0.5) is 8.78 Å². The van der Waals surface area contributed by atoms with Crippen molar-refractivity contribution in [3.8, 4) is 11.8 Å². The highest BCUT2D eigenvalue weighted by molar-refractivity contribution is 7.98. The Kier molecular flexibility index (Phi) is 5.08. The number of nitriles is 1. The van der Waals surface area contributed by atoms with Crippen LogP contribution in [-0.4, -0.2) is 36.9 Å². The van der Waals surface area contributed by atoms with Crippen molar-refractivity contribution in [2.24, 2.45) is 11.8 Å². The van der Waals surface area contributed by atoms with Crippen LogP contribution in [0.2, 0.25) is 0 Å². The second-order valence-electron chi connectivity index (χ2n) is 8.91. The highest BCUT2D eigenvalue weighted by atomic mass is 32.2. The normalized spacial score (nSPS) is 33.1. The molecule has 2 aliphatic heterocycles. The van der Waals surface area contributed by atoms with E-state index in [1.807, 2.05) is 6.07 Å². The number of benzene rings is 2. The third-order valence-electron chi connectivity index (χ3n) is 7.27. The monoisotopic (exact) mass is 492 g/mol. The Labute approximate surface area is 191 Å². The van der Waals surface area contributed by atoms with Crippen LogP contribution in [0.15, 0.2) is 41.3 Å². The summed E-state index contributed by atoms with van der Waals surface area (Å²) in [5, 5.41) is 9.09. The fraction of sp³-hybridized carbons (Fsp3) is 0.391. The summed E-state index contributed by atoms with van der Waals surface area (Å²) in [7, 11) is -6.74. The van der Waals surface area contributed by atoms with Crippen molar-refractivity contribution >= 4 is 25.4 Å². The van der Waals surface area contributed by atoms with Gasteiger partial charge in [0.15, 0.2) is 21.4 Å². The van der Waals surface area contributed by atoms with Crippen LogP contribution in [-0.2, 0) is 24.3 Å². The van der Waals surface area contributed by atoms with Crippen LogP contribution in [0.3, 0.4) is 0 Å². The van der Waals surface area contributed by atoms with E-state index in [1.165, 1.54) is 24.3 Å². The smallest absolute Gasteiger partial charge is 0.188 e. The maximum atomic E-state index is 15.4. The lowest BCUT2D eigenvalue weighted by molar-refractivity contribution is 0.0544. The molecule has 6 nitrogen and oxygen atoms in total. The van der Waals surface area contributed by atoms with E-state index in [9.17, 15) is 17.0 Å². The number of hydrogen-bond acceptors (Lipinski definition) is 5. The summed E-state index contributed by atoms with van der Waals surface area (Å²) in [4.78, 5) is -0.0637. The second kappa shape index (κ2) is 7.52. The van der Waals surface area contributed by atoms with Gasteiger partial charge >= 0.3 is 0 Å². The Balaban J connectivity index is 1.75. The zero-order valence-corrected chi connectivity index (χ0v) is 19.2. The van der Waals surface area contributed by atoms with Crippen LogP contribution < -0.4 is 9.46 Å². The van der Waals surface area contributed by atoms with Gasteiger partial charge in [0.05, 0.1) is 28.7 Å². The van der Waals surface area contributed by atoms with E-state index in [2.05, 4.69) is 10.6 Å². The predicted octanol–water partition coefficient (Wildman–Crippen LogP) is 2.92. The maximum absolute atomic E-state index is 15.4. The van der Waals surface area contributed by atoms with Crippen LogP contribution in [0.5, 0.6) is 5.75 Å². The van der Waals surface area contributed by atoms with Crippen molar-refractivity contribution in [3.05, 3.63) is 59.2 Å². The number of sulfone groups is 1. The molecule has 0 spiro atoms. The molecule has 2 aromatic carbocycles. The van der Waals surface area contributed by atoms with Gasteiger partial charge in [-0.3, -0.25) is 4.21 Å². The van der Waals surface area contributed by atoms with Gasteiger partial charge in [0, 0.05) is 27.4 Å². The van der Waals surface area contributed by atoms with E-state index >= 15 is 4.39 Å². The highest BCUT2D eigenvalue weighted by Crippen LogP contribution is 2.59. The minimum absolute atomic E-state index is 0.000418. The first-order valence-corrected chi connectivity index (χ1v) is 14.0. The fourth-order valence-corrected chi connectivity index (χ4v) is 9.82. The van der Waals surface area contributed by atoms with Crippen LogP contribution in [0.1, 0.15) is 30.4 Å². The van der Waals surface area contributed by atoms with Gasteiger partial charge in [-0.15, -0.1) is 0 Å². The molecule has 0 radical (unpaired) electrons. The average Bonchev–Trinajstić information content (AvgIpc) is 2.79.